The minimum absolute atomic E-state index is 0.894. The van der Waals surface area contributed by atoms with E-state index in [-0.39, 0.29) is 0 Å². The molecule has 0 aliphatic carbocycles. The molecule has 4 nitrogen and oxygen atoms in total. The van der Waals surface area contributed by atoms with Crippen molar-refractivity contribution >= 4 is 5.91 Å². The highest BCUT2D eigenvalue weighted by atomic mass is 16.1. The highest BCUT2D eigenvalue weighted by Gasteiger charge is 2.10. The van der Waals surface area contributed by atoms with Crippen LogP contribution >= 0.6 is 0 Å². The second kappa shape index (κ2) is 2.59. The standard InChI is InChI=1S/C4H3N3O/c5-1-3(2-6)4(7)8/h3H,(H2,7,8). The van der Waals surface area contributed by atoms with Crippen LogP contribution in [-0.4, -0.2) is 5.91 Å². The average Bonchev–Trinajstić information content (AvgIpc) is 1.69. The lowest BCUT2D eigenvalue weighted by Crippen LogP contribution is -2.19. The Kier molecular flexibility index (Phi) is 2.09. The minimum atomic E-state index is -1.30. The van der Waals surface area contributed by atoms with Crippen molar-refractivity contribution in [2.24, 2.45) is 11.7 Å². The second-order valence-electron chi connectivity index (χ2n) is 1.09. The molecule has 0 saturated heterocycles. The van der Waals surface area contributed by atoms with Gasteiger partial charge in [0.15, 0.2) is 0 Å². The van der Waals surface area contributed by atoms with E-state index in [9.17, 15) is 4.79 Å². The van der Waals surface area contributed by atoms with Gasteiger partial charge >= 0.3 is 0 Å². The average molecular weight is 109 g/mol. The van der Waals surface area contributed by atoms with Crippen LogP contribution in [0.25, 0.3) is 0 Å². The molecular formula is C4H3N3O. The van der Waals surface area contributed by atoms with E-state index in [4.69, 9.17) is 10.5 Å². The summed E-state index contributed by atoms with van der Waals surface area (Å²) in [6, 6.07) is 2.83. The molecule has 0 spiro atoms. The molecular weight excluding hydrogens is 106 g/mol. The summed E-state index contributed by atoms with van der Waals surface area (Å²) < 4.78 is 0. The van der Waals surface area contributed by atoms with Crippen LogP contribution in [0.5, 0.6) is 0 Å². The molecule has 0 bridgehead atoms. The summed E-state index contributed by atoms with van der Waals surface area (Å²) in [6.07, 6.45) is 0. The summed E-state index contributed by atoms with van der Waals surface area (Å²) >= 11 is 0. The normalized spacial score (nSPS) is 7.38. The number of carbonyl (C=O) groups is 1. The van der Waals surface area contributed by atoms with Crippen molar-refractivity contribution in [1.29, 1.82) is 10.5 Å². The Morgan fingerprint density at radius 2 is 1.88 bits per heavy atom. The van der Waals surface area contributed by atoms with Gasteiger partial charge in [0.1, 0.15) is 0 Å². The summed E-state index contributed by atoms with van der Waals surface area (Å²) in [5.74, 6) is -2.19. The van der Waals surface area contributed by atoms with E-state index < -0.39 is 11.8 Å². The van der Waals surface area contributed by atoms with Crippen LogP contribution in [-0.2, 0) is 4.79 Å². The third-order valence-electron chi connectivity index (χ3n) is 0.543. The first-order valence-corrected chi connectivity index (χ1v) is 1.81. The van der Waals surface area contributed by atoms with Gasteiger partial charge in [0.2, 0.25) is 11.8 Å². The van der Waals surface area contributed by atoms with Crippen LogP contribution in [0.2, 0.25) is 0 Å². The Labute approximate surface area is 46.1 Å². The smallest absolute Gasteiger partial charge is 0.249 e. The van der Waals surface area contributed by atoms with Gasteiger partial charge in [-0.2, -0.15) is 10.5 Å². The van der Waals surface area contributed by atoms with Crippen LogP contribution in [0.3, 0.4) is 0 Å². The number of nitriles is 2. The van der Waals surface area contributed by atoms with E-state index in [1.165, 1.54) is 12.1 Å². The van der Waals surface area contributed by atoms with E-state index in [0.29, 0.717) is 0 Å². The Hall–Kier alpha value is -1.55. The fraction of sp³-hybridized carbons (Fsp3) is 0.250. The summed E-state index contributed by atoms with van der Waals surface area (Å²) in [5.41, 5.74) is 4.57. The van der Waals surface area contributed by atoms with Crippen molar-refractivity contribution in [3.8, 4) is 12.1 Å². The van der Waals surface area contributed by atoms with Crippen LogP contribution < -0.4 is 5.73 Å². The first kappa shape index (κ1) is 6.45. The summed E-state index contributed by atoms with van der Waals surface area (Å²) in [6.45, 7) is 0. The van der Waals surface area contributed by atoms with Gasteiger partial charge in [-0.25, -0.2) is 0 Å². The molecule has 0 saturated carbocycles. The largest absolute Gasteiger partial charge is 0.368 e. The molecule has 0 radical (unpaired) electrons. The lowest BCUT2D eigenvalue weighted by Gasteiger charge is -1.85. The molecule has 0 aromatic heterocycles. The van der Waals surface area contributed by atoms with E-state index >= 15 is 0 Å². The van der Waals surface area contributed by atoms with Crippen molar-refractivity contribution in [2.75, 3.05) is 0 Å². The van der Waals surface area contributed by atoms with Gasteiger partial charge in [-0.1, -0.05) is 0 Å². The number of rotatable bonds is 1. The maximum atomic E-state index is 9.94. The Bertz CT molecular complexity index is 159. The quantitative estimate of drug-likeness (QED) is 0.474. The van der Waals surface area contributed by atoms with Gasteiger partial charge in [-0.15, -0.1) is 0 Å². The van der Waals surface area contributed by atoms with Crippen molar-refractivity contribution in [1.82, 2.24) is 0 Å². The molecule has 0 aliphatic rings. The fourth-order valence-electron chi connectivity index (χ4n) is 0.156. The third-order valence-corrected chi connectivity index (χ3v) is 0.543. The molecule has 4 heteroatoms. The van der Waals surface area contributed by atoms with Crippen molar-refractivity contribution < 1.29 is 4.79 Å². The number of nitrogens with two attached hydrogens (primary N) is 1. The van der Waals surface area contributed by atoms with Gasteiger partial charge < -0.3 is 5.73 Å². The zero-order chi connectivity index (χ0) is 6.57. The lowest BCUT2D eigenvalue weighted by molar-refractivity contribution is -0.118. The number of nitrogens with zero attached hydrogens (tertiary/aromatic N) is 2. The van der Waals surface area contributed by atoms with Crippen molar-refractivity contribution in [3.05, 3.63) is 0 Å². The SMILES string of the molecule is N#CC(C#N)C(N)=O. The maximum Gasteiger partial charge on any atom is 0.249 e. The second-order valence-corrected chi connectivity index (χ2v) is 1.09. The highest BCUT2D eigenvalue weighted by molar-refractivity contribution is 5.81. The monoisotopic (exact) mass is 109 g/mol. The summed E-state index contributed by atoms with van der Waals surface area (Å²) in [5, 5.41) is 15.8. The Balaban J connectivity index is 4.02. The highest BCUT2D eigenvalue weighted by Crippen LogP contribution is 1.85. The number of hydrogen-bond donors (Lipinski definition) is 1. The Morgan fingerprint density at radius 3 is 1.88 bits per heavy atom. The van der Waals surface area contributed by atoms with Crippen LogP contribution in [0, 0.1) is 28.6 Å². The molecule has 0 rings (SSSR count). The molecule has 0 aromatic carbocycles. The zero-order valence-corrected chi connectivity index (χ0v) is 3.96. The first-order valence-electron chi connectivity index (χ1n) is 1.81. The molecule has 0 aromatic rings. The molecule has 2 N–H and O–H groups in total. The summed E-state index contributed by atoms with van der Waals surface area (Å²) in [4.78, 5) is 9.94. The van der Waals surface area contributed by atoms with Crippen molar-refractivity contribution in [2.45, 2.75) is 0 Å². The number of amides is 1. The maximum absolute atomic E-state index is 9.94. The number of primary amides is 1. The van der Waals surface area contributed by atoms with E-state index in [1.54, 1.807) is 0 Å². The van der Waals surface area contributed by atoms with Gasteiger partial charge in [-0.3, -0.25) is 4.79 Å². The minimum Gasteiger partial charge on any atom is -0.368 e. The van der Waals surface area contributed by atoms with Gasteiger partial charge in [0.05, 0.1) is 12.1 Å². The molecule has 0 fully saturated rings. The predicted molar refractivity (Wildman–Crippen MR) is 23.9 cm³/mol. The van der Waals surface area contributed by atoms with E-state index in [2.05, 4.69) is 5.73 Å². The molecule has 0 aliphatic heterocycles. The third kappa shape index (κ3) is 1.27. The van der Waals surface area contributed by atoms with Crippen molar-refractivity contribution in [3.63, 3.8) is 0 Å². The Morgan fingerprint density at radius 1 is 1.50 bits per heavy atom. The van der Waals surface area contributed by atoms with Gasteiger partial charge in [-0.05, 0) is 0 Å². The molecule has 40 valence electrons. The molecule has 0 heterocycles. The zero-order valence-electron chi connectivity index (χ0n) is 3.96. The predicted octanol–water partition coefficient (Wildman–Crippen LogP) is -0.865. The summed E-state index contributed by atoms with van der Waals surface area (Å²) in [7, 11) is 0. The molecule has 8 heavy (non-hydrogen) atoms. The number of carbonyl (C=O) groups excluding carboxylic acids is 1. The van der Waals surface area contributed by atoms with Crippen LogP contribution in [0.1, 0.15) is 0 Å². The van der Waals surface area contributed by atoms with Gasteiger partial charge in [0.25, 0.3) is 0 Å². The molecule has 1 amide bonds. The lowest BCUT2D eigenvalue weighted by atomic mass is 10.2. The fourth-order valence-corrected chi connectivity index (χ4v) is 0.156. The van der Waals surface area contributed by atoms with Gasteiger partial charge in [0, 0.05) is 0 Å². The molecule has 0 unspecified atom stereocenters. The topological polar surface area (TPSA) is 90.7 Å². The van der Waals surface area contributed by atoms with E-state index in [1.807, 2.05) is 0 Å². The van der Waals surface area contributed by atoms with Crippen LogP contribution in [0.15, 0.2) is 0 Å². The number of hydrogen-bond acceptors (Lipinski definition) is 3. The van der Waals surface area contributed by atoms with Crippen LogP contribution in [0.4, 0.5) is 0 Å². The first-order chi connectivity index (χ1) is 3.72. The van der Waals surface area contributed by atoms with E-state index in [0.717, 1.165) is 0 Å². The molecule has 0 atom stereocenters.